The Kier molecular flexibility index (Phi) is 5.74. The van der Waals surface area contributed by atoms with Crippen LogP contribution in [-0.2, 0) is 0 Å². The molecule has 9 nitrogen and oxygen atoms in total. The maximum Gasteiger partial charge on any atom is 0.269 e. The predicted octanol–water partition coefficient (Wildman–Crippen LogP) is 6.17. The van der Waals surface area contributed by atoms with E-state index in [-0.39, 0.29) is 34.2 Å². The Bertz CT molecular complexity index is 1370. The van der Waals surface area contributed by atoms with Crippen LogP contribution in [0, 0.1) is 26.1 Å². The Balaban J connectivity index is 1.39. The van der Waals surface area contributed by atoms with Crippen molar-refractivity contribution in [1.29, 1.82) is 0 Å². The lowest BCUT2D eigenvalue weighted by molar-refractivity contribution is -0.385. The Labute approximate surface area is 201 Å². The fourth-order valence-electron chi connectivity index (χ4n) is 4.85. The van der Waals surface area contributed by atoms with Gasteiger partial charge in [0.15, 0.2) is 0 Å². The van der Waals surface area contributed by atoms with Gasteiger partial charge in [-0.1, -0.05) is 30.4 Å². The molecule has 3 aromatic rings. The van der Waals surface area contributed by atoms with Gasteiger partial charge in [0, 0.05) is 35.9 Å². The van der Waals surface area contributed by atoms with E-state index in [2.05, 4.69) is 34.1 Å². The van der Waals surface area contributed by atoms with Gasteiger partial charge in [0.2, 0.25) is 0 Å². The van der Waals surface area contributed by atoms with E-state index in [1.165, 1.54) is 23.8 Å². The molecule has 0 amide bonds. The molecule has 1 heterocycles. The van der Waals surface area contributed by atoms with Gasteiger partial charge >= 0.3 is 0 Å². The fraction of sp³-hybridized carbons (Fsp3) is 0.192. The van der Waals surface area contributed by atoms with Crippen LogP contribution in [0.5, 0.6) is 0 Å². The summed E-state index contributed by atoms with van der Waals surface area (Å²) < 4.78 is 0. The van der Waals surface area contributed by atoms with Gasteiger partial charge in [-0.15, -0.1) is 0 Å². The summed E-state index contributed by atoms with van der Waals surface area (Å²) >= 11 is 0. The number of benzene rings is 3. The molecule has 0 radical (unpaired) electrons. The lowest BCUT2D eigenvalue weighted by Gasteiger charge is -2.37. The number of anilines is 2. The molecule has 35 heavy (non-hydrogen) atoms. The van der Waals surface area contributed by atoms with E-state index >= 15 is 0 Å². The van der Waals surface area contributed by atoms with Crippen LogP contribution in [0.25, 0.3) is 0 Å². The van der Waals surface area contributed by atoms with E-state index in [0.717, 1.165) is 28.9 Å². The van der Waals surface area contributed by atoms with Crippen molar-refractivity contribution >= 4 is 28.5 Å². The highest BCUT2D eigenvalue weighted by Crippen LogP contribution is 2.50. The van der Waals surface area contributed by atoms with Crippen molar-refractivity contribution in [2.75, 3.05) is 10.7 Å². The molecule has 0 bridgehead atoms. The molecule has 3 aromatic carbocycles. The molecule has 0 saturated heterocycles. The Hall–Kier alpha value is -4.53. The third-order valence-corrected chi connectivity index (χ3v) is 6.65. The molecule has 0 fully saturated rings. The van der Waals surface area contributed by atoms with Crippen LogP contribution in [0.15, 0.2) is 84.0 Å². The number of rotatable bonds is 6. The number of hydrogen-bond donors (Lipinski definition) is 2. The first-order chi connectivity index (χ1) is 16.9. The average Bonchev–Trinajstić information content (AvgIpc) is 3.37. The van der Waals surface area contributed by atoms with Gasteiger partial charge in [-0.3, -0.25) is 25.7 Å². The topological polar surface area (TPSA) is 123 Å². The first-order valence-corrected chi connectivity index (χ1v) is 11.3. The molecule has 5 rings (SSSR count). The van der Waals surface area contributed by atoms with Crippen molar-refractivity contribution in [1.82, 2.24) is 0 Å². The monoisotopic (exact) mass is 469 g/mol. The van der Waals surface area contributed by atoms with Crippen LogP contribution in [0.2, 0.25) is 0 Å². The third-order valence-electron chi connectivity index (χ3n) is 6.65. The molecule has 2 N–H and O–H groups in total. The number of nitrogens with zero attached hydrogens (tertiary/aromatic N) is 3. The van der Waals surface area contributed by atoms with Gasteiger partial charge in [-0.2, -0.15) is 5.10 Å². The second kappa shape index (κ2) is 9.02. The summed E-state index contributed by atoms with van der Waals surface area (Å²) in [7, 11) is 0. The zero-order chi connectivity index (χ0) is 24.5. The smallest absolute Gasteiger partial charge is 0.269 e. The highest BCUT2D eigenvalue weighted by atomic mass is 16.6. The van der Waals surface area contributed by atoms with Crippen LogP contribution < -0.4 is 10.7 Å². The van der Waals surface area contributed by atoms with Gasteiger partial charge < -0.3 is 5.32 Å². The minimum absolute atomic E-state index is 0.0215. The van der Waals surface area contributed by atoms with Crippen LogP contribution in [0.4, 0.5) is 22.7 Å². The van der Waals surface area contributed by atoms with Crippen molar-refractivity contribution in [3.05, 3.63) is 116 Å². The van der Waals surface area contributed by atoms with Crippen molar-refractivity contribution in [2.45, 2.75) is 25.3 Å². The molecule has 1 aliphatic carbocycles. The zero-order valence-corrected chi connectivity index (χ0v) is 18.9. The Morgan fingerprint density at radius 2 is 1.77 bits per heavy atom. The standard InChI is InChI=1S/C26H23N5O4/c1-16(28-29-19-9-11-20(12-10-19)30(32)33)17-8-13-25-24(15-17)22-6-3-7-23(22)26(27-25)18-4-2-5-21(14-18)31(34)35/h2-6,8-15,22-23,26-27,29H,7H2,1H3/b28-16-. The quantitative estimate of drug-likeness (QED) is 0.193. The minimum Gasteiger partial charge on any atom is -0.378 e. The van der Waals surface area contributed by atoms with Crippen molar-refractivity contribution < 1.29 is 9.85 Å². The van der Waals surface area contributed by atoms with Crippen LogP contribution in [0.3, 0.4) is 0 Å². The molecular formula is C26H23N5O4. The highest BCUT2D eigenvalue weighted by molar-refractivity contribution is 5.99. The summed E-state index contributed by atoms with van der Waals surface area (Å²) in [6.45, 7) is 1.91. The van der Waals surface area contributed by atoms with E-state index in [1.54, 1.807) is 24.3 Å². The number of nitro benzene ring substituents is 2. The molecule has 0 saturated carbocycles. The third kappa shape index (κ3) is 4.35. The number of non-ortho nitro benzene ring substituents is 2. The lowest BCUT2D eigenvalue weighted by atomic mass is 9.76. The zero-order valence-electron chi connectivity index (χ0n) is 18.9. The van der Waals surface area contributed by atoms with Crippen LogP contribution >= 0.6 is 0 Å². The molecule has 0 spiro atoms. The summed E-state index contributed by atoms with van der Waals surface area (Å²) in [5, 5.41) is 30.2. The van der Waals surface area contributed by atoms with Gasteiger partial charge in [-0.25, -0.2) is 0 Å². The Morgan fingerprint density at radius 1 is 1.00 bits per heavy atom. The second-order valence-electron chi connectivity index (χ2n) is 8.74. The average molecular weight is 470 g/mol. The molecule has 2 aliphatic rings. The summed E-state index contributed by atoms with van der Waals surface area (Å²) in [5.74, 6) is 0.459. The molecule has 176 valence electrons. The maximum absolute atomic E-state index is 11.3. The van der Waals surface area contributed by atoms with Crippen molar-refractivity contribution in [2.24, 2.45) is 11.0 Å². The maximum atomic E-state index is 11.3. The van der Waals surface area contributed by atoms with E-state index in [9.17, 15) is 20.2 Å². The summed E-state index contributed by atoms with van der Waals surface area (Å²) in [6, 6.07) is 19.1. The predicted molar refractivity (Wildman–Crippen MR) is 135 cm³/mol. The Morgan fingerprint density at radius 3 is 2.51 bits per heavy atom. The molecular weight excluding hydrogens is 446 g/mol. The van der Waals surface area contributed by atoms with Crippen LogP contribution in [-0.4, -0.2) is 15.6 Å². The van der Waals surface area contributed by atoms with E-state index in [4.69, 9.17) is 0 Å². The SMILES string of the molecule is C/C(=N/Nc1ccc([N+](=O)[O-])cc1)c1ccc2c(c1)C1C=CCC1C(c1cccc([N+](=O)[O-])c1)N2. The van der Waals surface area contributed by atoms with Crippen molar-refractivity contribution in [3.63, 3.8) is 0 Å². The second-order valence-corrected chi connectivity index (χ2v) is 8.74. The van der Waals surface area contributed by atoms with Gasteiger partial charge in [-0.05, 0) is 60.2 Å². The minimum atomic E-state index is -0.437. The van der Waals surface area contributed by atoms with Gasteiger partial charge in [0.05, 0.1) is 27.3 Å². The normalized spacial score (nSPS) is 20.5. The van der Waals surface area contributed by atoms with Gasteiger partial charge in [0.25, 0.3) is 11.4 Å². The summed E-state index contributed by atoms with van der Waals surface area (Å²) in [4.78, 5) is 21.3. The first kappa shape index (κ1) is 22.3. The number of allylic oxidation sites excluding steroid dienone is 2. The van der Waals surface area contributed by atoms with E-state index in [0.29, 0.717) is 5.69 Å². The number of hydrazone groups is 1. The molecule has 0 aromatic heterocycles. The number of nitro groups is 2. The fourth-order valence-corrected chi connectivity index (χ4v) is 4.85. The molecule has 9 heteroatoms. The number of hydrogen-bond acceptors (Lipinski definition) is 7. The van der Waals surface area contributed by atoms with Crippen molar-refractivity contribution in [3.8, 4) is 0 Å². The summed E-state index contributed by atoms with van der Waals surface area (Å²) in [5.41, 5.74) is 8.59. The number of fused-ring (bicyclic) bond motifs is 3. The number of nitrogens with one attached hydrogen (secondary N) is 2. The van der Waals surface area contributed by atoms with E-state index in [1.807, 2.05) is 25.1 Å². The molecule has 3 unspecified atom stereocenters. The summed E-state index contributed by atoms with van der Waals surface area (Å²) in [6.07, 6.45) is 5.30. The molecule has 3 atom stereocenters. The van der Waals surface area contributed by atoms with Crippen LogP contribution in [0.1, 0.15) is 42.0 Å². The highest BCUT2D eigenvalue weighted by Gasteiger charge is 2.38. The van der Waals surface area contributed by atoms with Gasteiger partial charge in [0.1, 0.15) is 0 Å². The lowest BCUT2D eigenvalue weighted by Crippen LogP contribution is -2.29. The molecule has 1 aliphatic heterocycles. The van der Waals surface area contributed by atoms with E-state index < -0.39 is 4.92 Å². The first-order valence-electron chi connectivity index (χ1n) is 11.3. The largest absolute Gasteiger partial charge is 0.378 e.